The van der Waals surface area contributed by atoms with Crippen molar-refractivity contribution in [2.24, 2.45) is 23.2 Å². The van der Waals surface area contributed by atoms with Crippen molar-refractivity contribution in [3.8, 4) is 0 Å². The summed E-state index contributed by atoms with van der Waals surface area (Å²) in [4.78, 5) is 18.9. The first-order valence-electron chi connectivity index (χ1n) is 15.5. The van der Waals surface area contributed by atoms with E-state index in [0.29, 0.717) is 32.6 Å². The molecule has 0 aliphatic carbocycles. The first kappa shape index (κ1) is 35.4. The number of amides is 1. The maximum Gasteiger partial charge on any atom is 0.410 e. The molecule has 3 aliphatic heterocycles. The second-order valence-corrected chi connectivity index (χ2v) is 17.2. The molecule has 3 rings (SSSR count). The monoisotopic (exact) mass is 618 g/mol. The number of aliphatic hydroxyl groups excluding tert-OH is 2. The molecule has 0 saturated carbocycles. The van der Waals surface area contributed by atoms with Crippen LogP contribution in [0.25, 0.3) is 0 Å². The Labute approximate surface area is 253 Å². The van der Waals surface area contributed by atoms with E-state index in [4.69, 9.17) is 4.74 Å². The molecule has 0 aromatic heterocycles. The predicted octanol–water partition coefficient (Wildman–Crippen LogP) is 0.664. The Hall–Kier alpha value is -1.06. The number of aliphatic hydroxyl groups is 2. The lowest BCUT2D eigenvalue weighted by Crippen LogP contribution is -2.70. The summed E-state index contributed by atoms with van der Waals surface area (Å²) in [5, 5.41) is 34.1. The van der Waals surface area contributed by atoms with Crippen LogP contribution >= 0.6 is 0 Å². The Morgan fingerprint density at radius 3 is 2.24 bits per heavy atom. The number of ether oxygens (including phenoxy) is 1. The zero-order valence-corrected chi connectivity index (χ0v) is 28.1. The quantitative estimate of drug-likeness (QED) is 0.245. The molecule has 7 atom stereocenters. The fraction of sp³-hybridized carbons (Fsp3) is 0.966. The van der Waals surface area contributed by atoms with Crippen LogP contribution < -0.4 is 16.0 Å². The van der Waals surface area contributed by atoms with Crippen LogP contribution in [-0.4, -0.2) is 134 Å². The second kappa shape index (κ2) is 13.9. The lowest BCUT2D eigenvalue weighted by atomic mass is 9.86. The van der Waals surface area contributed by atoms with E-state index in [-0.39, 0.29) is 66.1 Å². The molecule has 0 spiro atoms. The highest BCUT2D eigenvalue weighted by molar-refractivity contribution is 7.91. The fourth-order valence-electron chi connectivity index (χ4n) is 6.34. The highest BCUT2D eigenvalue weighted by Gasteiger charge is 2.45. The van der Waals surface area contributed by atoms with Gasteiger partial charge < -0.3 is 30.5 Å². The second-order valence-electron chi connectivity index (χ2n) is 14.9. The molecular formula is C29H58N6O6S. The fourth-order valence-corrected chi connectivity index (χ4v) is 7.57. The van der Waals surface area contributed by atoms with Gasteiger partial charge in [-0.15, -0.1) is 0 Å². The number of hydrogen-bond acceptors (Lipinski definition) is 11. The standard InChI is InChI=1S/C29H58N6O6S/c1-19(2)16-35(25(37)22-15-31-26(28(3,4)5)32-23(22)30-9)21-14-20(17-34(18-21)27(38)41-29(6,7)8)24(36)33-10-12-42(39,40)13-11-33/h19-26,30-32,36-37H,10-18H2,1-9H3/t20-,21+,22?,23?,24?,25?,26?/m1/s1. The topological polar surface area (TPSA) is 147 Å². The summed E-state index contributed by atoms with van der Waals surface area (Å²) >= 11 is 0. The van der Waals surface area contributed by atoms with Crippen LogP contribution in [0, 0.1) is 23.2 Å². The summed E-state index contributed by atoms with van der Waals surface area (Å²) in [6, 6.07) is -0.241. The molecule has 3 heterocycles. The molecule has 246 valence electrons. The average Bonchev–Trinajstić information content (AvgIpc) is 2.88. The van der Waals surface area contributed by atoms with Gasteiger partial charge in [-0.3, -0.25) is 15.1 Å². The molecule has 5 unspecified atom stereocenters. The van der Waals surface area contributed by atoms with Gasteiger partial charge in [0.2, 0.25) is 0 Å². The van der Waals surface area contributed by atoms with Crippen LogP contribution in [0.3, 0.4) is 0 Å². The van der Waals surface area contributed by atoms with Crippen molar-refractivity contribution >= 4 is 15.9 Å². The van der Waals surface area contributed by atoms with Crippen molar-refractivity contribution in [2.45, 2.75) is 98.2 Å². The maximum atomic E-state index is 13.4. The Kier molecular flexibility index (Phi) is 11.7. The number of nitrogens with zero attached hydrogens (tertiary/aromatic N) is 3. The van der Waals surface area contributed by atoms with Crippen molar-refractivity contribution in [2.75, 3.05) is 57.8 Å². The average molecular weight is 619 g/mol. The van der Waals surface area contributed by atoms with Crippen LogP contribution in [0.15, 0.2) is 0 Å². The van der Waals surface area contributed by atoms with Crippen LogP contribution in [-0.2, 0) is 14.6 Å². The summed E-state index contributed by atoms with van der Waals surface area (Å²) in [6.45, 7) is 18.6. The van der Waals surface area contributed by atoms with E-state index < -0.39 is 34.0 Å². The normalized spacial score (nSPS) is 31.3. The third-order valence-corrected chi connectivity index (χ3v) is 10.2. The lowest BCUT2D eigenvalue weighted by Gasteiger charge is -2.51. The number of carbonyl (C=O) groups excluding carboxylic acids is 1. The summed E-state index contributed by atoms with van der Waals surface area (Å²) in [6.07, 6.45) is -1.71. The lowest BCUT2D eigenvalue weighted by molar-refractivity contribution is -0.123. The highest BCUT2D eigenvalue weighted by Crippen LogP contribution is 2.31. The smallest absolute Gasteiger partial charge is 0.410 e. The number of rotatable bonds is 8. The van der Waals surface area contributed by atoms with Gasteiger partial charge in [0.25, 0.3) is 0 Å². The summed E-state index contributed by atoms with van der Waals surface area (Å²) in [5.41, 5.74) is -0.698. The van der Waals surface area contributed by atoms with Crippen molar-refractivity contribution in [3.63, 3.8) is 0 Å². The zero-order valence-electron chi connectivity index (χ0n) is 27.3. The molecule has 3 aliphatic rings. The molecule has 0 aromatic carbocycles. The maximum absolute atomic E-state index is 13.4. The van der Waals surface area contributed by atoms with E-state index in [9.17, 15) is 23.4 Å². The van der Waals surface area contributed by atoms with Gasteiger partial charge in [-0.05, 0) is 45.6 Å². The minimum absolute atomic E-state index is 0.0107. The Morgan fingerprint density at radius 2 is 1.71 bits per heavy atom. The highest BCUT2D eigenvalue weighted by atomic mass is 32.2. The number of piperidine rings is 1. The predicted molar refractivity (Wildman–Crippen MR) is 164 cm³/mol. The minimum Gasteiger partial charge on any atom is -0.444 e. The number of sulfone groups is 1. The number of carbonyl (C=O) groups is 1. The van der Waals surface area contributed by atoms with Gasteiger partial charge in [0.15, 0.2) is 9.84 Å². The van der Waals surface area contributed by atoms with E-state index in [1.807, 2.05) is 32.7 Å². The molecule has 1 amide bonds. The Morgan fingerprint density at radius 1 is 1.10 bits per heavy atom. The van der Waals surface area contributed by atoms with Gasteiger partial charge >= 0.3 is 6.09 Å². The molecule has 0 bridgehead atoms. The van der Waals surface area contributed by atoms with Crippen LogP contribution in [0.1, 0.15) is 61.8 Å². The third-order valence-electron chi connectivity index (χ3n) is 8.56. The first-order valence-corrected chi connectivity index (χ1v) is 17.3. The number of likely N-dealkylation sites (tertiary alicyclic amines) is 1. The van der Waals surface area contributed by atoms with Gasteiger partial charge in [-0.2, -0.15) is 0 Å². The van der Waals surface area contributed by atoms with Crippen molar-refractivity contribution in [1.82, 2.24) is 30.7 Å². The van der Waals surface area contributed by atoms with Gasteiger partial charge in [0.1, 0.15) is 18.1 Å². The van der Waals surface area contributed by atoms with E-state index in [2.05, 4.69) is 55.5 Å². The van der Waals surface area contributed by atoms with Crippen molar-refractivity contribution in [1.29, 1.82) is 0 Å². The minimum atomic E-state index is -3.10. The zero-order chi connectivity index (χ0) is 31.6. The molecule has 12 nitrogen and oxygen atoms in total. The van der Waals surface area contributed by atoms with E-state index in [0.717, 1.165) is 0 Å². The van der Waals surface area contributed by atoms with Crippen LogP contribution in [0.4, 0.5) is 4.79 Å². The molecular weight excluding hydrogens is 560 g/mol. The largest absolute Gasteiger partial charge is 0.444 e. The number of nitrogens with one attached hydrogen (secondary N) is 3. The van der Waals surface area contributed by atoms with E-state index in [1.54, 1.807) is 4.90 Å². The molecule has 3 fully saturated rings. The first-order chi connectivity index (χ1) is 19.3. The van der Waals surface area contributed by atoms with Crippen molar-refractivity contribution < 1.29 is 28.2 Å². The van der Waals surface area contributed by atoms with Crippen LogP contribution in [0.5, 0.6) is 0 Å². The third kappa shape index (κ3) is 9.47. The van der Waals surface area contributed by atoms with Gasteiger partial charge in [-0.1, -0.05) is 34.6 Å². The SMILES string of the molecule is CNC1NC(C(C)(C)C)NCC1C(O)N(CC(C)C)[C@H]1C[C@@H](C(O)N2CCS(=O)(=O)CC2)CN(C(=O)OC(C)(C)C)C1. The summed E-state index contributed by atoms with van der Waals surface area (Å²) in [7, 11) is -1.21. The van der Waals surface area contributed by atoms with E-state index in [1.165, 1.54) is 0 Å². The molecule has 42 heavy (non-hydrogen) atoms. The molecule has 0 radical (unpaired) electrons. The van der Waals surface area contributed by atoms with E-state index >= 15 is 0 Å². The van der Waals surface area contributed by atoms with Crippen molar-refractivity contribution in [3.05, 3.63) is 0 Å². The van der Waals surface area contributed by atoms with Gasteiger partial charge in [0, 0.05) is 57.1 Å². The summed E-state index contributed by atoms with van der Waals surface area (Å²) in [5.74, 6) is -0.257. The van der Waals surface area contributed by atoms with Gasteiger partial charge in [-0.25, -0.2) is 13.2 Å². The Balaban J connectivity index is 1.88. The molecule has 13 heteroatoms. The Bertz CT molecular complexity index is 986. The summed E-state index contributed by atoms with van der Waals surface area (Å²) < 4.78 is 29.8. The molecule has 0 aromatic rings. The van der Waals surface area contributed by atoms with Gasteiger partial charge in [0.05, 0.1) is 23.8 Å². The molecule has 5 N–H and O–H groups in total. The van der Waals surface area contributed by atoms with Crippen LogP contribution in [0.2, 0.25) is 0 Å². The number of hydrogen-bond donors (Lipinski definition) is 5. The molecule has 3 saturated heterocycles.